The average molecular weight is 523 g/mol. The minimum Gasteiger partial charge on any atom is -0.489 e. The van der Waals surface area contributed by atoms with E-state index in [9.17, 15) is 4.79 Å². The minimum absolute atomic E-state index is 0.118. The number of benzene rings is 3. The second-order valence-electron chi connectivity index (χ2n) is 7.45. The molecule has 3 rings (SSSR count). The van der Waals surface area contributed by atoms with Gasteiger partial charge in [0.25, 0.3) is 5.91 Å². The molecule has 1 amide bonds. The molecule has 0 aliphatic heterocycles. The summed E-state index contributed by atoms with van der Waals surface area (Å²) in [4.78, 5) is 12.3. The first-order valence-electron chi connectivity index (χ1n) is 10.6. The van der Waals surface area contributed by atoms with E-state index in [0.717, 1.165) is 32.7 Å². The Bertz CT molecular complexity index is 1090. The third kappa shape index (κ3) is 8.22. The van der Waals surface area contributed by atoms with Crippen LogP contribution in [-0.4, -0.2) is 17.4 Å². The predicted octanol–water partition coefficient (Wildman–Crippen LogP) is 6.53. The van der Waals surface area contributed by atoms with Gasteiger partial charge in [0.05, 0.1) is 11.5 Å². The Morgan fingerprint density at radius 2 is 1.88 bits per heavy atom. The quantitative estimate of drug-likeness (QED) is 0.177. The van der Waals surface area contributed by atoms with Gasteiger partial charge < -0.3 is 4.74 Å². The van der Waals surface area contributed by atoms with Crippen LogP contribution in [0.25, 0.3) is 0 Å². The fourth-order valence-electron chi connectivity index (χ4n) is 3.01. The number of amides is 1. The smallest absolute Gasteiger partial charge is 0.252 e. The van der Waals surface area contributed by atoms with Gasteiger partial charge in [-0.25, -0.2) is 5.43 Å². The molecule has 0 saturated carbocycles. The van der Waals surface area contributed by atoms with Crippen LogP contribution >= 0.6 is 27.7 Å². The Hall–Kier alpha value is -2.83. The highest BCUT2D eigenvalue weighted by molar-refractivity contribution is 9.10. The molecule has 0 saturated heterocycles. The van der Waals surface area contributed by atoms with Crippen LogP contribution in [-0.2, 0) is 23.6 Å². The van der Waals surface area contributed by atoms with Gasteiger partial charge in [0.2, 0.25) is 0 Å². The number of halogens is 1. The lowest BCUT2D eigenvalue weighted by molar-refractivity contribution is -0.120. The van der Waals surface area contributed by atoms with Gasteiger partial charge in [-0.2, -0.15) is 5.10 Å². The zero-order chi connectivity index (χ0) is 23.5. The van der Waals surface area contributed by atoms with Crippen molar-refractivity contribution in [2.24, 2.45) is 5.10 Å². The molecular formula is C27H27BrN2O2S. The third-order valence-corrected chi connectivity index (χ3v) is 6.60. The molecule has 3 aromatic rings. The van der Waals surface area contributed by atoms with Crippen LogP contribution in [0, 0.1) is 0 Å². The van der Waals surface area contributed by atoms with Gasteiger partial charge in [0.15, 0.2) is 0 Å². The number of hydrazone groups is 1. The fourth-order valence-corrected chi connectivity index (χ4v) is 4.11. The minimum atomic E-state index is -0.201. The zero-order valence-corrected chi connectivity index (χ0v) is 20.9. The number of nitrogens with zero attached hydrogens (tertiary/aromatic N) is 1. The number of hydrogen-bond donors (Lipinski definition) is 1. The summed E-state index contributed by atoms with van der Waals surface area (Å²) in [5.74, 6) is 1.48. The molecule has 0 heterocycles. The van der Waals surface area contributed by atoms with E-state index < -0.39 is 0 Å². The van der Waals surface area contributed by atoms with E-state index in [1.54, 1.807) is 18.0 Å². The maximum Gasteiger partial charge on any atom is 0.252 e. The van der Waals surface area contributed by atoms with Crippen LogP contribution in [0.5, 0.6) is 5.75 Å². The van der Waals surface area contributed by atoms with Crippen molar-refractivity contribution in [3.05, 3.63) is 112 Å². The summed E-state index contributed by atoms with van der Waals surface area (Å²) >= 11 is 5.03. The van der Waals surface area contributed by atoms with E-state index in [1.807, 2.05) is 73.7 Å². The van der Waals surface area contributed by atoms with Crippen LogP contribution in [0.1, 0.15) is 29.2 Å². The first-order chi connectivity index (χ1) is 16.0. The molecule has 0 aliphatic carbocycles. The molecule has 0 spiro atoms. The van der Waals surface area contributed by atoms with Crippen LogP contribution in [0.3, 0.4) is 0 Å². The van der Waals surface area contributed by atoms with Gasteiger partial charge in [-0.05, 0) is 65.9 Å². The average Bonchev–Trinajstić information content (AvgIpc) is 2.84. The van der Waals surface area contributed by atoms with Crippen molar-refractivity contribution in [2.75, 3.05) is 0 Å². The molecule has 0 radical (unpaired) electrons. The molecule has 170 valence electrons. The Morgan fingerprint density at radius 1 is 1.12 bits per heavy atom. The number of carbonyl (C=O) groups excluding carboxylic acids is 1. The lowest BCUT2D eigenvalue weighted by Gasteiger charge is -2.12. The second kappa shape index (κ2) is 13.0. The Kier molecular flexibility index (Phi) is 9.78. The first-order valence-corrected chi connectivity index (χ1v) is 12.5. The predicted molar refractivity (Wildman–Crippen MR) is 142 cm³/mol. The second-order valence-corrected chi connectivity index (χ2v) is 9.69. The van der Waals surface area contributed by atoms with Gasteiger partial charge in [-0.1, -0.05) is 64.5 Å². The number of hydrogen-bond acceptors (Lipinski definition) is 4. The fraction of sp³-hybridized carbons (Fsp3) is 0.185. The highest BCUT2D eigenvalue weighted by atomic mass is 79.9. The summed E-state index contributed by atoms with van der Waals surface area (Å²) in [6.45, 7) is 6.22. The Labute approximate surface area is 208 Å². The molecule has 0 bridgehead atoms. The van der Waals surface area contributed by atoms with Gasteiger partial charge in [-0.15, -0.1) is 18.3 Å². The van der Waals surface area contributed by atoms with Crippen molar-refractivity contribution in [3.63, 3.8) is 0 Å². The van der Waals surface area contributed by atoms with Crippen LogP contribution in [0.15, 0.2) is 95.0 Å². The normalized spacial score (nSPS) is 11.8. The standard InChI is InChI=1S/C27H27BrN2O2S/c1-3-7-24-16-23(12-15-26(24)32-18-21-10-13-25(28)14-11-21)17-29-30-27(31)20(2)33-19-22-8-5-4-6-9-22/h3-6,8-17,20H,1,7,18-19H2,2H3,(H,30,31). The summed E-state index contributed by atoms with van der Waals surface area (Å²) < 4.78 is 7.07. The molecule has 3 aromatic carbocycles. The highest BCUT2D eigenvalue weighted by Gasteiger charge is 2.12. The molecule has 0 aromatic heterocycles. The van der Waals surface area contributed by atoms with Crippen molar-refractivity contribution in [1.82, 2.24) is 5.43 Å². The monoisotopic (exact) mass is 522 g/mol. The zero-order valence-electron chi connectivity index (χ0n) is 18.5. The largest absolute Gasteiger partial charge is 0.489 e. The topological polar surface area (TPSA) is 50.7 Å². The Morgan fingerprint density at radius 3 is 2.61 bits per heavy atom. The van der Waals surface area contributed by atoms with E-state index in [4.69, 9.17) is 4.74 Å². The SMILES string of the molecule is C=CCc1cc(C=NNC(=O)C(C)SCc2ccccc2)ccc1OCc1ccc(Br)cc1. The van der Waals surface area contributed by atoms with Crippen molar-refractivity contribution < 1.29 is 9.53 Å². The van der Waals surface area contributed by atoms with Crippen molar-refractivity contribution >= 4 is 39.8 Å². The van der Waals surface area contributed by atoms with Crippen LogP contribution < -0.4 is 10.2 Å². The van der Waals surface area contributed by atoms with E-state index in [0.29, 0.717) is 13.0 Å². The number of rotatable bonds is 11. The third-order valence-electron chi connectivity index (χ3n) is 4.86. The van der Waals surface area contributed by atoms with Crippen molar-refractivity contribution in [3.8, 4) is 5.75 Å². The number of nitrogens with one attached hydrogen (secondary N) is 1. The number of carbonyl (C=O) groups is 1. The van der Waals surface area contributed by atoms with E-state index in [-0.39, 0.29) is 11.2 Å². The van der Waals surface area contributed by atoms with E-state index in [1.165, 1.54) is 5.56 Å². The molecule has 1 atom stereocenters. The first kappa shape index (κ1) is 24.8. The molecule has 0 fully saturated rings. The molecule has 1 unspecified atom stereocenters. The highest BCUT2D eigenvalue weighted by Crippen LogP contribution is 2.23. The number of thioether (sulfide) groups is 1. The Balaban J connectivity index is 1.54. The van der Waals surface area contributed by atoms with Crippen molar-refractivity contribution in [1.29, 1.82) is 0 Å². The summed E-state index contributed by atoms with van der Waals surface area (Å²) in [6, 6.07) is 24.0. The maximum atomic E-state index is 12.3. The molecule has 6 heteroatoms. The lowest BCUT2D eigenvalue weighted by Crippen LogP contribution is -2.27. The van der Waals surface area contributed by atoms with Gasteiger partial charge in [0, 0.05) is 10.2 Å². The summed E-state index contributed by atoms with van der Waals surface area (Å²) in [6.07, 6.45) is 4.17. The number of allylic oxidation sites excluding steroid dienone is 1. The summed E-state index contributed by atoms with van der Waals surface area (Å²) in [5, 5.41) is 3.94. The molecule has 0 aliphatic rings. The van der Waals surface area contributed by atoms with Gasteiger partial charge in [-0.3, -0.25) is 4.79 Å². The van der Waals surface area contributed by atoms with Gasteiger partial charge >= 0.3 is 0 Å². The number of ether oxygens (including phenoxy) is 1. The van der Waals surface area contributed by atoms with E-state index >= 15 is 0 Å². The van der Waals surface area contributed by atoms with Crippen molar-refractivity contribution in [2.45, 2.75) is 31.0 Å². The van der Waals surface area contributed by atoms with Crippen LogP contribution in [0.2, 0.25) is 0 Å². The molecule has 33 heavy (non-hydrogen) atoms. The van der Waals surface area contributed by atoms with Crippen LogP contribution in [0.4, 0.5) is 0 Å². The lowest BCUT2D eigenvalue weighted by atomic mass is 10.1. The molecule has 4 nitrogen and oxygen atoms in total. The maximum absolute atomic E-state index is 12.3. The van der Waals surface area contributed by atoms with Gasteiger partial charge in [0.1, 0.15) is 12.4 Å². The van der Waals surface area contributed by atoms with E-state index in [2.05, 4.69) is 45.2 Å². The summed E-state index contributed by atoms with van der Waals surface area (Å²) in [7, 11) is 0. The molecule has 1 N–H and O–H groups in total. The molecular weight excluding hydrogens is 496 g/mol. The summed E-state index contributed by atoms with van der Waals surface area (Å²) in [5.41, 5.74) is 6.83.